The maximum absolute atomic E-state index is 5.64. The summed E-state index contributed by atoms with van der Waals surface area (Å²) in [6, 6.07) is 9.17. The van der Waals surface area contributed by atoms with E-state index in [1.807, 2.05) is 0 Å². The fraction of sp³-hybridized carbons (Fsp3) is 0.647. The van der Waals surface area contributed by atoms with Crippen LogP contribution in [-0.2, 0) is 16.0 Å². The number of para-hydroxylation sites is 1. The highest BCUT2D eigenvalue weighted by atomic mass is 16.5. The normalized spacial score (nSPS) is 18.7. The van der Waals surface area contributed by atoms with Crippen molar-refractivity contribution in [2.45, 2.75) is 26.4 Å². The first kappa shape index (κ1) is 16.3. The van der Waals surface area contributed by atoms with Crippen LogP contribution in [0.5, 0.6) is 0 Å². The number of hydrogen-bond donors (Lipinski definition) is 1. The number of nitrogens with zero attached hydrogens (tertiary/aromatic N) is 1. The number of fused-ring (bicyclic) bond motifs is 1. The molecule has 0 aromatic heterocycles. The molecule has 1 aliphatic rings. The van der Waals surface area contributed by atoms with Gasteiger partial charge in [-0.1, -0.05) is 32.0 Å². The molecule has 1 N–H and O–H groups in total. The van der Waals surface area contributed by atoms with Crippen LogP contribution in [0.15, 0.2) is 24.3 Å². The van der Waals surface area contributed by atoms with Crippen LogP contribution in [0.2, 0.25) is 0 Å². The third-order valence-electron chi connectivity index (χ3n) is 4.05. The molecule has 1 aromatic rings. The van der Waals surface area contributed by atoms with Gasteiger partial charge in [0, 0.05) is 38.5 Å². The van der Waals surface area contributed by atoms with Gasteiger partial charge in [0.25, 0.3) is 0 Å². The van der Waals surface area contributed by atoms with Crippen LogP contribution in [-0.4, -0.2) is 46.1 Å². The Morgan fingerprint density at radius 1 is 1.24 bits per heavy atom. The Morgan fingerprint density at radius 3 is 2.81 bits per heavy atom. The van der Waals surface area contributed by atoms with E-state index in [4.69, 9.17) is 9.47 Å². The number of rotatable bonds is 7. The molecule has 1 unspecified atom stereocenters. The zero-order chi connectivity index (χ0) is 15.1. The zero-order valence-corrected chi connectivity index (χ0v) is 13.5. The molecule has 0 aliphatic carbocycles. The van der Waals surface area contributed by atoms with Crippen molar-refractivity contribution in [3.05, 3.63) is 29.8 Å². The number of hydrogen-bond acceptors (Lipinski definition) is 4. The average molecular weight is 292 g/mol. The van der Waals surface area contributed by atoms with Crippen LogP contribution in [0.4, 0.5) is 5.69 Å². The molecule has 1 atom stereocenters. The van der Waals surface area contributed by atoms with Crippen molar-refractivity contribution >= 4 is 5.69 Å². The molecule has 0 fully saturated rings. The van der Waals surface area contributed by atoms with E-state index in [2.05, 4.69) is 48.3 Å². The van der Waals surface area contributed by atoms with Gasteiger partial charge in [-0.15, -0.1) is 0 Å². The standard InChI is InChI=1S/C17H28N2O2/c1-14(2)16-13-19(8-9-21-11-10-20-3)17-7-5-4-6-15(17)12-18-16/h4-7,14,16,18H,8-13H2,1-3H3. The SMILES string of the molecule is COCCOCCN1CC(C(C)C)NCc2ccccc21. The minimum absolute atomic E-state index is 0.511. The number of benzene rings is 1. The summed E-state index contributed by atoms with van der Waals surface area (Å²) in [7, 11) is 1.70. The topological polar surface area (TPSA) is 33.7 Å². The van der Waals surface area contributed by atoms with Crippen LogP contribution in [0.3, 0.4) is 0 Å². The number of anilines is 1. The molecule has 0 bridgehead atoms. The van der Waals surface area contributed by atoms with E-state index in [0.29, 0.717) is 25.2 Å². The molecule has 2 rings (SSSR count). The van der Waals surface area contributed by atoms with Crippen molar-refractivity contribution in [3.8, 4) is 0 Å². The molecule has 118 valence electrons. The molecule has 0 amide bonds. The predicted octanol–water partition coefficient (Wildman–Crippen LogP) is 2.28. The fourth-order valence-corrected chi connectivity index (χ4v) is 2.69. The van der Waals surface area contributed by atoms with Gasteiger partial charge in [-0.2, -0.15) is 0 Å². The van der Waals surface area contributed by atoms with Crippen LogP contribution in [0, 0.1) is 5.92 Å². The largest absolute Gasteiger partial charge is 0.382 e. The summed E-state index contributed by atoms with van der Waals surface area (Å²) >= 11 is 0. The number of nitrogens with one attached hydrogen (secondary N) is 1. The van der Waals surface area contributed by atoms with Crippen LogP contribution in [0.1, 0.15) is 19.4 Å². The van der Waals surface area contributed by atoms with Crippen LogP contribution < -0.4 is 10.2 Å². The van der Waals surface area contributed by atoms with Crippen molar-refractivity contribution in [2.75, 3.05) is 44.9 Å². The quantitative estimate of drug-likeness (QED) is 0.782. The highest BCUT2D eigenvalue weighted by molar-refractivity contribution is 5.54. The molecule has 0 spiro atoms. The van der Waals surface area contributed by atoms with E-state index < -0.39 is 0 Å². The Morgan fingerprint density at radius 2 is 2.05 bits per heavy atom. The lowest BCUT2D eigenvalue weighted by Gasteiger charge is -2.29. The highest BCUT2D eigenvalue weighted by Crippen LogP contribution is 2.24. The molecule has 0 saturated heterocycles. The van der Waals surface area contributed by atoms with Crippen LogP contribution >= 0.6 is 0 Å². The van der Waals surface area contributed by atoms with E-state index in [-0.39, 0.29) is 0 Å². The summed E-state index contributed by atoms with van der Waals surface area (Å²) in [4.78, 5) is 2.45. The van der Waals surface area contributed by atoms with Gasteiger partial charge in [0.05, 0.1) is 19.8 Å². The smallest absolute Gasteiger partial charge is 0.0701 e. The van der Waals surface area contributed by atoms with Crippen LogP contribution in [0.25, 0.3) is 0 Å². The Bertz CT molecular complexity index is 423. The summed E-state index contributed by atoms with van der Waals surface area (Å²) in [5.41, 5.74) is 2.71. The molecule has 1 heterocycles. The molecule has 0 saturated carbocycles. The third kappa shape index (κ3) is 4.70. The van der Waals surface area contributed by atoms with E-state index >= 15 is 0 Å². The summed E-state index contributed by atoms with van der Waals surface area (Å²) in [6.45, 7) is 9.52. The minimum atomic E-state index is 0.511. The van der Waals surface area contributed by atoms with Crippen molar-refractivity contribution in [1.82, 2.24) is 5.32 Å². The summed E-state index contributed by atoms with van der Waals surface area (Å²) in [5, 5.41) is 3.68. The molecule has 1 aromatic carbocycles. The fourth-order valence-electron chi connectivity index (χ4n) is 2.69. The molecule has 0 radical (unpaired) electrons. The minimum Gasteiger partial charge on any atom is -0.382 e. The van der Waals surface area contributed by atoms with Gasteiger partial charge >= 0.3 is 0 Å². The predicted molar refractivity (Wildman–Crippen MR) is 86.8 cm³/mol. The first-order valence-electron chi connectivity index (χ1n) is 7.85. The van der Waals surface area contributed by atoms with Crippen molar-refractivity contribution in [2.24, 2.45) is 5.92 Å². The Balaban J connectivity index is 2.00. The van der Waals surface area contributed by atoms with E-state index in [1.165, 1.54) is 11.3 Å². The molecule has 4 heteroatoms. The van der Waals surface area contributed by atoms with Gasteiger partial charge in [0.1, 0.15) is 0 Å². The van der Waals surface area contributed by atoms with Gasteiger partial charge in [0.15, 0.2) is 0 Å². The maximum atomic E-state index is 5.64. The molecule has 4 nitrogen and oxygen atoms in total. The molecule has 1 aliphatic heterocycles. The van der Waals surface area contributed by atoms with Gasteiger partial charge < -0.3 is 19.7 Å². The lowest BCUT2D eigenvalue weighted by molar-refractivity contribution is 0.0739. The van der Waals surface area contributed by atoms with E-state index in [1.54, 1.807) is 7.11 Å². The first-order valence-corrected chi connectivity index (χ1v) is 7.85. The first-order chi connectivity index (χ1) is 10.2. The van der Waals surface area contributed by atoms with Crippen molar-refractivity contribution < 1.29 is 9.47 Å². The number of methoxy groups -OCH3 is 1. The Labute approximate surface area is 128 Å². The molecule has 21 heavy (non-hydrogen) atoms. The second-order valence-corrected chi connectivity index (χ2v) is 5.91. The highest BCUT2D eigenvalue weighted by Gasteiger charge is 2.22. The van der Waals surface area contributed by atoms with E-state index in [0.717, 1.165) is 26.2 Å². The third-order valence-corrected chi connectivity index (χ3v) is 4.05. The lowest BCUT2D eigenvalue weighted by Crippen LogP contribution is -2.42. The van der Waals surface area contributed by atoms with Gasteiger partial charge in [0.2, 0.25) is 0 Å². The summed E-state index contributed by atoms with van der Waals surface area (Å²) in [5.74, 6) is 0.622. The van der Waals surface area contributed by atoms with Crippen molar-refractivity contribution in [1.29, 1.82) is 0 Å². The van der Waals surface area contributed by atoms with Gasteiger partial charge in [-0.3, -0.25) is 0 Å². The average Bonchev–Trinajstić information content (AvgIpc) is 2.67. The summed E-state index contributed by atoms with van der Waals surface area (Å²) in [6.07, 6.45) is 0. The Kier molecular flexibility index (Phi) is 6.49. The number of ether oxygens (including phenoxy) is 2. The Hall–Kier alpha value is -1.10. The zero-order valence-electron chi connectivity index (χ0n) is 13.5. The monoisotopic (exact) mass is 292 g/mol. The maximum Gasteiger partial charge on any atom is 0.0701 e. The summed E-state index contributed by atoms with van der Waals surface area (Å²) < 4.78 is 10.7. The molecular weight excluding hydrogens is 264 g/mol. The van der Waals surface area contributed by atoms with Crippen molar-refractivity contribution in [3.63, 3.8) is 0 Å². The lowest BCUT2D eigenvalue weighted by atomic mass is 10.0. The second-order valence-electron chi connectivity index (χ2n) is 5.91. The molecular formula is C17H28N2O2. The van der Waals surface area contributed by atoms with Gasteiger partial charge in [-0.25, -0.2) is 0 Å². The van der Waals surface area contributed by atoms with E-state index in [9.17, 15) is 0 Å². The second kappa shape index (κ2) is 8.37. The van der Waals surface area contributed by atoms with Gasteiger partial charge in [-0.05, 0) is 17.5 Å².